The topological polar surface area (TPSA) is 57.6 Å². The van der Waals surface area contributed by atoms with Crippen molar-refractivity contribution in [3.05, 3.63) is 0 Å². The van der Waals surface area contributed by atoms with E-state index in [0.717, 1.165) is 0 Å². The number of imide groups is 1. The number of nitrogens with zero attached hydrogens (tertiary/aromatic N) is 1. The van der Waals surface area contributed by atoms with Crippen LogP contribution in [0.4, 0.5) is 0 Å². The Morgan fingerprint density at radius 1 is 1.24 bits per heavy atom. The predicted octanol–water partition coefficient (Wildman–Crippen LogP) is 1.03. The van der Waals surface area contributed by atoms with Crippen molar-refractivity contribution in [2.45, 2.75) is 40.7 Å². The summed E-state index contributed by atoms with van der Waals surface area (Å²) in [6.45, 7) is 9.73. The first-order valence-corrected chi connectivity index (χ1v) is 6.11. The van der Waals surface area contributed by atoms with Gasteiger partial charge >= 0.3 is 0 Å². The van der Waals surface area contributed by atoms with Crippen LogP contribution in [0.2, 0.25) is 0 Å². The molecule has 17 heavy (non-hydrogen) atoms. The number of β-amino-alcohol motifs (C(OH)–C–C–N with tert-alkyl or cyclic N) is 1. The van der Waals surface area contributed by atoms with E-state index in [0.29, 0.717) is 0 Å². The normalized spacial score (nSPS) is 32.7. The number of carbonyl (C=O) groups is 2. The highest BCUT2D eigenvalue weighted by molar-refractivity contribution is 6.10. The smallest absolute Gasteiger partial charge is 0.233 e. The highest BCUT2D eigenvalue weighted by atomic mass is 16.3. The molecule has 4 nitrogen and oxygen atoms in total. The number of fused-ring (bicyclic) bond motifs is 1. The number of piperidine rings is 1. The first-order chi connectivity index (χ1) is 7.58. The summed E-state index contributed by atoms with van der Waals surface area (Å²) >= 11 is 0. The van der Waals surface area contributed by atoms with Crippen LogP contribution in [0.5, 0.6) is 0 Å². The van der Waals surface area contributed by atoms with Crippen LogP contribution in [0.15, 0.2) is 0 Å². The van der Waals surface area contributed by atoms with Gasteiger partial charge in [-0.2, -0.15) is 0 Å². The highest BCUT2D eigenvalue weighted by Gasteiger charge is 2.72. The Hall–Kier alpha value is -0.900. The van der Waals surface area contributed by atoms with Crippen molar-refractivity contribution >= 4 is 11.8 Å². The van der Waals surface area contributed by atoms with Gasteiger partial charge in [0, 0.05) is 0 Å². The maximum absolute atomic E-state index is 12.0. The van der Waals surface area contributed by atoms with Gasteiger partial charge in [-0.3, -0.25) is 14.5 Å². The maximum atomic E-state index is 12.0. The van der Waals surface area contributed by atoms with E-state index in [1.54, 1.807) is 0 Å². The Balaban J connectivity index is 2.07. The number of aliphatic hydroxyl groups excluding tert-OH is 1. The molecule has 1 aliphatic heterocycles. The maximum Gasteiger partial charge on any atom is 0.233 e. The lowest BCUT2D eigenvalue weighted by molar-refractivity contribution is -0.145. The summed E-state index contributed by atoms with van der Waals surface area (Å²) in [5, 5.41) is 9.97. The van der Waals surface area contributed by atoms with Crippen molar-refractivity contribution in [1.82, 2.24) is 4.90 Å². The van der Waals surface area contributed by atoms with Gasteiger partial charge in [0.2, 0.25) is 11.8 Å². The van der Waals surface area contributed by atoms with E-state index in [4.69, 9.17) is 0 Å². The molecule has 1 heterocycles. The molecule has 1 N–H and O–H groups in total. The molecular formula is C13H21NO3. The minimum Gasteiger partial charge on any atom is -0.391 e. The number of carbonyl (C=O) groups excluding carboxylic acids is 2. The van der Waals surface area contributed by atoms with Crippen LogP contribution in [0.1, 0.15) is 34.6 Å². The summed E-state index contributed by atoms with van der Waals surface area (Å²) in [7, 11) is 0. The Morgan fingerprint density at radius 3 is 2.00 bits per heavy atom. The van der Waals surface area contributed by atoms with Crippen LogP contribution in [-0.2, 0) is 9.59 Å². The average molecular weight is 239 g/mol. The van der Waals surface area contributed by atoms with Crippen molar-refractivity contribution in [2.75, 3.05) is 6.54 Å². The number of aliphatic hydroxyl groups is 1. The van der Waals surface area contributed by atoms with Gasteiger partial charge in [-0.05, 0) is 10.8 Å². The third kappa shape index (κ3) is 1.69. The fourth-order valence-electron chi connectivity index (χ4n) is 2.63. The van der Waals surface area contributed by atoms with Crippen molar-refractivity contribution in [3.63, 3.8) is 0 Å². The fraction of sp³-hybridized carbons (Fsp3) is 0.846. The molecule has 1 saturated carbocycles. The third-order valence-corrected chi connectivity index (χ3v) is 4.25. The quantitative estimate of drug-likeness (QED) is 0.732. The van der Waals surface area contributed by atoms with Crippen LogP contribution in [0.3, 0.4) is 0 Å². The van der Waals surface area contributed by atoms with Gasteiger partial charge in [0.25, 0.3) is 0 Å². The zero-order valence-electron chi connectivity index (χ0n) is 11.2. The lowest BCUT2D eigenvalue weighted by atomic mass is 9.88. The first-order valence-electron chi connectivity index (χ1n) is 6.11. The standard InChI is InChI=1S/C13H21NO3/c1-12(2,3)7(15)6-14-10(16)8-9(11(14)17)13(8,4)5/h7-9,15H,6H2,1-5H3. The van der Waals surface area contributed by atoms with E-state index < -0.39 is 6.10 Å². The van der Waals surface area contributed by atoms with Gasteiger partial charge in [0.05, 0.1) is 24.5 Å². The zero-order valence-corrected chi connectivity index (χ0v) is 11.2. The van der Waals surface area contributed by atoms with Crippen LogP contribution >= 0.6 is 0 Å². The van der Waals surface area contributed by atoms with Gasteiger partial charge in [0.15, 0.2) is 0 Å². The summed E-state index contributed by atoms with van der Waals surface area (Å²) in [5.41, 5.74) is -0.486. The number of likely N-dealkylation sites (tertiary alicyclic amines) is 1. The summed E-state index contributed by atoms with van der Waals surface area (Å²) in [6, 6.07) is 0. The predicted molar refractivity (Wildman–Crippen MR) is 62.9 cm³/mol. The summed E-state index contributed by atoms with van der Waals surface area (Å²) < 4.78 is 0. The molecule has 1 aliphatic carbocycles. The number of hydrogen-bond acceptors (Lipinski definition) is 3. The van der Waals surface area contributed by atoms with Gasteiger partial charge in [-0.25, -0.2) is 0 Å². The van der Waals surface area contributed by atoms with E-state index in [1.807, 2.05) is 34.6 Å². The molecule has 0 aromatic heterocycles. The second kappa shape index (κ2) is 3.31. The lowest BCUT2D eigenvalue weighted by Crippen LogP contribution is -2.45. The SMILES string of the molecule is CC(C)(C)C(O)CN1C(=O)C2C(C1=O)C2(C)C. The largest absolute Gasteiger partial charge is 0.391 e. The molecule has 0 aromatic carbocycles. The second-order valence-corrected chi connectivity index (χ2v) is 6.95. The molecule has 0 radical (unpaired) electrons. The van der Waals surface area contributed by atoms with E-state index >= 15 is 0 Å². The summed E-state index contributed by atoms with van der Waals surface area (Å²) in [5.74, 6) is -0.508. The Morgan fingerprint density at radius 2 is 1.65 bits per heavy atom. The highest BCUT2D eigenvalue weighted by Crippen LogP contribution is 2.63. The molecular weight excluding hydrogens is 218 g/mol. The Labute approximate surface area is 102 Å². The monoisotopic (exact) mass is 239 g/mol. The average Bonchev–Trinajstić information content (AvgIpc) is 2.63. The first kappa shape index (κ1) is 12.6. The lowest BCUT2D eigenvalue weighted by Gasteiger charge is -2.30. The van der Waals surface area contributed by atoms with Crippen LogP contribution < -0.4 is 0 Å². The Bertz CT molecular complexity index is 357. The molecule has 3 unspecified atom stereocenters. The fourth-order valence-corrected chi connectivity index (χ4v) is 2.63. The van der Waals surface area contributed by atoms with Gasteiger partial charge in [-0.1, -0.05) is 34.6 Å². The molecule has 4 heteroatoms. The molecule has 96 valence electrons. The number of amides is 2. The van der Waals surface area contributed by atoms with E-state index in [9.17, 15) is 14.7 Å². The molecule has 3 atom stereocenters. The van der Waals surface area contributed by atoms with Crippen molar-refractivity contribution in [3.8, 4) is 0 Å². The molecule has 0 spiro atoms. The van der Waals surface area contributed by atoms with Crippen LogP contribution in [-0.4, -0.2) is 34.5 Å². The molecule has 2 fully saturated rings. The molecule has 1 saturated heterocycles. The second-order valence-electron chi connectivity index (χ2n) is 6.95. The van der Waals surface area contributed by atoms with Gasteiger partial charge in [-0.15, -0.1) is 0 Å². The molecule has 0 bridgehead atoms. The van der Waals surface area contributed by atoms with Crippen LogP contribution in [0, 0.1) is 22.7 Å². The minimum absolute atomic E-state index is 0.103. The number of rotatable bonds is 2. The van der Waals surface area contributed by atoms with E-state index in [1.165, 1.54) is 4.90 Å². The Kier molecular flexibility index (Phi) is 2.45. The summed E-state index contributed by atoms with van der Waals surface area (Å²) in [4.78, 5) is 25.3. The van der Waals surface area contributed by atoms with E-state index in [-0.39, 0.29) is 41.0 Å². The summed E-state index contributed by atoms with van der Waals surface area (Å²) in [6.07, 6.45) is -0.670. The molecule has 2 rings (SSSR count). The van der Waals surface area contributed by atoms with Crippen molar-refractivity contribution in [1.29, 1.82) is 0 Å². The third-order valence-electron chi connectivity index (χ3n) is 4.25. The zero-order chi connectivity index (χ0) is 13.2. The van der Waals surface area contributed by atoms with Gasteiger partial charge < -0.3 is 5.11 Å². The molecule has 2 amide bonds. The minimum atomic E-state index is -0.670. The van der Waals surface area contributed by atoms with Gasteiger partial charge in [0.1, 0.15) is 0 Å². The molecule has 0 aromatic rings. The molecule has 2 aliphatic rings. The van der Waals surface area contributed by atoms with E-state index in [2.05, 4.69) is 0 Å². The van der Waals surface area contributed by atoms with Crippen molar-refractivity contribution < 1.29 is 14.7 Å². The van der Waals surface area contributed by atoms with Crippen LogP contribution in [0.25, 0.3) is 0 Å². The number of hydrogen-bond donors (Lipinski definition) is 1. The van der Waals surface area contributed by atoms with Crippen molar-refractivity contribution in [2.24, 2.45) is 22.7 Å².